The molecule has 0 radical (unpaired) electrons. The molecule has 1 atom stereocenters. The molecule has 2 aromatic carbocycles. The Morgan fingerprint density at radius 1 is 1.12 bits per heavy atom. The molecule has 6 heteroatoms. The van der Waals surface area contributed by atoms with Crippen molar-refractivity contribution >= 4 is 33.8 Å². The molecule has 0 heterocycles. The first-order valence-corrected chi connectivity index (χ1v) is 8.50. The first-order valence-electron chi connectivity index (χ1n) is 7.71. The average molecular weight is 403 g/mol. The number of halogens is 1. The molecule has 0 bridgehead atoms. The van der Waals surface area contributed by atoms with Crippen LogP contribution in [0.1, 0.15) is 18.1 Å². The maximum atomic E-state index is 12.0. The molecule has 0 aliphatic heterocycles. The second-order valence-corrected chi connectivity index (χ2v) is 6.36. The fourth-order valence-corrected chi connectivity index (χ4v) is 2.29. The first kappa shape index (κ1) is 18.7. The second-order valence-electron chi connectivity index (χ2n) is 5.44. The standard InChI is InChI=1S/C19H19BrN2O3/c1-13-6-8-15(9-7-13)10-11-18(23)21-22-19(24)14(2)25-17-5-3-4-16(20)12-17/h3-12,14H,1-2H3,(H,21,23)(H,22,24)/b11-10+/t14-/m0/s1. The molecule has 0 aliphatic carbocycles. The summed E-state index contributed by atoms with van der Waals surface area (Å²) in [4.78, 5) is 23.7. The molecule has 2 aromatic rings. The second kappa shape index (κ2) is 9.03. The van der Waals surface area contributed by atoms with E-state index < -0.39 is 17.9 Å². The van der Waals surface area contributed by atoms with Crippen LogP contribution in [0.15, 0.2) is 59.1 Å². The van der Waals surface area contributed by atoms with Crippen molar-refractivity contribution in [3.8, 4) is 5.75 Å². The van der Waals surface area contributed by atoms with Crippen molar-refractivity contribution in [3.05, 3.63) is 70.2 Å². The van der Waals surface area contributed by atoms with E-state index in [9.17, 15) is 9.59 Å². The van der Waals surface area contributed by atoms with Gasteiger partial charge in [-0.2, -0.15) is 0 Å². The summed E-state index contributed by atoms with van der Waals surface area (Å²) in [5, 5.41) is 0. The highest BCUT2D eigenvalue weighted by atomic mass is 79.9. The van der Waals surface area contributed by atoms with Crippen molar-refractivity contribution < 1.29 is 14.3 Å². The summed E-state index contributed by atoms with van der Waals surface area (Å²) >= 11 is 3.33. The van der Waals surface area contributed by atoms with E-state index in [1.54, 1.807) is 25.1 Å². The number of aryl methyl sites for hydroxylation is 1. The summed E-state index contributed by atoms with van der Waals surface area (Å²) in [5.41, 5.74) is 6.71. The highest BCUT2D eigenvalue weighted by Gasteiger charge is 2.14. The Labute approximate surface area is 155 Å². The summed E-state index contributed by atoms with van der Waals surface area (Å²) in [5.74, 6) is -0.316. The lowest BCUT2D eigenvalue weighted by molar-refractivity contribution is -0.131. The normalized spacial score (nSPS) is 11.8. The van der Waals surface area contributed by atoms with Crippen LogP contribution in [-0.4, -0.2) is 17.9 Å². The van der Waals surface area contributed by atoms with Gasteiger partial charge in [0.15, 0.2) is 6.10 Å². The molecule has 0 saturated carbocycles. The van der Waals surface area contributed by atoms with E-state index in [-0.39, 0.29) is 0 Å². The maximum absolute atomic E-state index is 12.0. The Bertz CT molecular complexity index is 772. The third-order valence-electron chi connectivity index (χ3n) is 3.29. The predicted molar refractivity (Wildman–Crippen MR) is 101 cm³/mol. The largest absolute Gasteiger partial charge is 0.481 e. The number of benzene rings is 2. The fraction of sp³-hybridized carbons (Fsp3) is 0.158. The zero-order chi connectivity index (χ0) is 18.2. The Morgan fingerprint density at radius 2 is 1.84 bits per heavy atom. The molecule has 0 fully saturated rings. The van der Waals surface area contributed by atoms with Gasteiger partial charge in [0.2, 0.25) is 0 Å². The van der Waals surface area contributed by atoms with Crippen LogP contribution in [0.5, 0.6) is 5.75 Å². The van der Waals surface area contributed by atoms with Crippen molar-refractivity contribution in [1.29, 1.82) is 0 Å². The number of hydrazine groups is 1. The lowest BCUT2D eigenvalue weighted by Crippen LogP contribution is -2.46. The van der Waals surface area contributed by atoms with Gasteiger partial charge in [0.25, 0.3) is 11.8 Å². The molecule has 130 valence electrons. The van der Waals surface area contributed by atoms with Crippen LogP contribution in [0, 0.1) is 6.92 Å². The predicted octanol–water partition coefficient (Wildman–Crippen LogP) is 3.39. The van der Waals surface area contributed by atoms with Gasteiger partial charge in [-0.3, -0.25) is 20.4 Å². The van der Waals surface area contributed by atoms with Gasteiger partial charge in [-0.05, 0) is 43.7 Å². The van der Waals surface area contributed by atoms with Gasteiger partial charge in [0.05, 0.1) is 0 Å². The van der Waals surface area contributed by atoms with E-state index in [0.717, 1.165) is 15.6 Å². The number of amides is 2. The van der Waals surface area contributed by atoms with Gasteiger partial charge in [-0.25, -0.2) is 0 Å². The molecule has 25 heavy (non-hydrogen) atoms. The number of nitrogens with one attached hydrogen (secondary N) is 2. The van der Waals surface area contributed by atoms with Gasteiger partial charge in [0, 0.05) is 10.5 Å². The zero-order valence-electron chi connectivity index (χ0n) is 14.0. The number of hydrogen-bond acceptors (Lipinski definition) is 3. The summed E-state index contributed by atoms with van der Waals surface area (Å²) in [7, 11) is 0. The Hall–Kier alpha value is -2.60. The minimum atomic E-state index is -0.754. The van der Waals surface area contributed by atoms with Crippen LogP contribution < -0.4 is 15.6 Å². The van der Waals surface area contributed by atoms with Gasteiger partial charge >= 0.3 is 0 Å². The molecule has 0 spiro atoms. The number of ether oxygens (including phenoxy) is 1. The van der Waals surface area contributed by atoms with Crippen molar-refractivity contribution in [1.82, 2.24) is 10.9 Å². The third-order valence-corrected chi connectivity index (χ3v) is 3.78. The number of rotatable bonds is 5. The van der Waals surface area contributed by atoms with Crippen LogP contribution in [0.25, 0.3) is 6.08 Å². The van der Waals surface area contributed by atoms with Crippen molar-refractivity contribution in [3.63, 3.8) is 0 Å². The van der Waals surface area contributed by atoms with E-state index >= 15 is 0 Å². The van der Waals surface area contributed by atoms with Crippen LogP contribution in [0.2, 0.25) is 0 Å². The quantitative estimate of drug-likeness (QED) is 0.594. The Kier molecular flexibility index (Phi) is 6.77. The topological polar surface area (TPSA) is 67.4 Å². The van der Waals surface area contributed by atoms with E-state index in [1.165, 1.54) is 6.08 Å². The monoisotopic (exact) mass is 402 g/mol. The summed E-state index contributed by atoms with van der Waals surface area (Å²) in [6.07, 6.45) is 2.27. The van der Waals surface area contributed by atoms with E-state index in [1.807, 2.05) is 43.3 Å². The van der Waals surface area contributed by atoms with Crippen LogP contribution in [-0.2, 0) is 9.59 Å². The van der Waals surface area contributed by atoms with E-state index in [0.29, 0.717) is 5.75 Å². The molecular formula is C19H19BrN2O3. The van der Waals surface area contributed by atoms with Crippen molar-refractivity contribution in [2.24, 2.45) is 0 Å². The van der Waals surface area contributed by atoms with Crippen molar-refractivity contribution in [2.75, 3.05) is 0 Å². The van der Waals surface area contributed by atoms with Gasteiger partial charge in [-0.15, -0.1) is 0 Å². The van der Waals surface area contributed by atoms with E-state index in [4.69, 9.17) is 4.74 Å². The zero-order valence-corrected chi connectivity index (χ0v) is 15.5. The average Bonchev–Trinajstić information content (AvgIpc) is 2.59. The Morgan fingerprint density at radius 3 is 2.52 bits per heavy atom. The van der Waals surface area contributed by atoms with Gasteiger partial charge in [-0.1, -0.05) is 51.8 Å². The van der Waals surface area contributed by atoms with Crippen molar-refractivity contribution in [2.45, 2.75) is 20.0 Å². The van der Waals surface area contributed by atoms with Gasteiger partial charge < -0.3 is 4.74 Å². The number of carbonyl (C=O) groups excluding carboxylic acids is 2. The maximum Gasteiger partial charge on any atom is 0.279 e. The molecular weight excluding hydrogens is 384 g/mol. The fourth-order valence-electron chi connectivity index (χ4n) is 1.91. The molecule has 0 aliphatic rings. The molecule has 0 unspecified atom stereocenters. The molecule has 2 N–H and O–H groups in total. The smallest absolute Gasteiger partial charge is 0.279 e. The highest BCUT2D eigenvalue weighted by Crippen LogP contribution is 2.18. The van der Waals surface area contributed by atoms with Gasteiger partial charge in [0.1, 0.15) is 5.75 Å². The van der Waals surface area contributed by atoms with Crippen LogP contribution >= 0.6 is 15.9 Å². The molecule has 0 saturated heterocycles. The minimum Gasteiger partial charge on any atom is -0.481 e. The third kappa shape index (κ3) is 6.43. The van der Waals surface area contributed by atoms with Crippen LogP contribution in [0.4, 0.5) is 0 Å². The molecule has 0 aromatic heterocycles. The highest BCUT2D eigenvalue weighted by molar-refractivity contribution is 9.10. The SMILES string of the molecule is Cc1ccc(/C=C/C(=O)NNC(=O)[C@H](C)Oc2cccc(Br)c2)cc1. The summed E-state index contributed by atoms with van der Waals surface area (Å²) in [6, 6.07) is 14.9. The lowest BCUT2D eigenvalue weighted by Gasteiger charge is -2.14. The minimum absolute atomic E-state index is 0.427. The summed E-state index contributed by atoms with van der Waals surface area (Å²) in [6.45, 7) is 3.59. The molecule has 2 amide bonds. The summed E-state index contributed by atoms with van der Waals surface area (Å²) < 4.78 is 6.37. The lowest BCUT2D eigenvalue weighted by atomic mass is 10.1. The molecule has 2 rings (SSSR count). The number of carbonyl (C=O) groups is 2. The Balaban J connectivity index is 1.80. The molecule has 5 nitrogen and oxygen atoms in total. The first-order chi connectivity index (χ1) is 11.9. The van der Waals surface area contributed by atoms with Crippen LogP contribution in [0.3, 0.4) is 0 Å². The van der Waals surface area contributed by atoms with E-state index in [2.05, 4.69) is 26.8 Å². The number of hydrogen-bond donors (Lipinski definition) is 2.